The molecule has 2 aromatic carbocycles. The van der Waals surface area contributed by atoms with Gasteiger partial charge in [-0.25, -0.2) is 4.72 Å². The predicted molar refractivity (Wildman–Crippen MR) is 161 cm³/mol. The van der Waals surface area contributed by atoms with Gasteiger partial charge in [-0.3, -0.25) is 9.59 Å². The van der Waals surface area contributed by atoms with E-state index >= 15 is 0 Å². The van der Waals surface area contributed by atoms with E-state index in [1.807, 2.05) is 18.2 Å². The van der Waals surface area contributed by atoms with E-state index in [1.165, 1.54) is 26.1 Å². The van der Waals surface area contributed by atoms with E-state index in [-0.39, 0.29) is 18.0 Å². The van der Waals surface area contributed by atoms with E-state index < -0.39 is 27.5 Å². The third kappa shape index (κ3) is 4.78. The Balaban J connectivity index is 1.56. The summed E-state index contributed by atoms with van der Waals surface area (Å²) in [6.07, 6.45) is 8.10. The molecule has 3 aromatic rings. The molecule has 3 aliphatic rings. The lowest BCUT2D eigenvalue weighted by atomic mass is 9.81. The summed E-state index contributed by atoms with van der Waals surface area (Å²) in [7, 11) is -1.26. The van der Waals surface area contributed by atoms with Crippen LogP contribution in [0.2, 0.25) is 0 Å². The molecule has 2 heterocycles. The van der Waals surface area contributed by atoms with Crippen molar-refractivity contribution in [3.63, 3.8) is 0 Å². The molecule has 2 saturated carbocycles. The van der Waals surface area contributed by atoms with Crippen molar-refractivity contribution in [3.05, 3.63) is 53.1 Å². The van der Waals surface area contributed by atoms with Crippen molar-refractivity contribution in [2.75, 3.05) is 20.7 Å². The van der Waals surface area contributed by atoms with Crippen molar-refractivity contribution >= 4 is 33.0 Å². The number of carbonyl (C=O) groups is 2. The van der Waals surface area contributed by atoms with Crippen LogP contribution < -0.4 is 9.46 Å². The zero-order valence-electron chi connectivity index (χ0n) is 24.5. The van der Waals surface area contributed by atoms with Gasteiger partial charge < -0.3 is 14.4 Å². The van der Waals surface area contributed by atoms with Crippen LogP contribution in [0.3, 0.4) is 0 Å². The van der Waals surface area contributed by atoms with Crippen molar-refractivity contribution in [1.82, 2.24) is 13.6 Å². The van der Waals surface area contributed by atoms with Gasteiger partial charge in [-0.15, -0.1) is 0 Å². The Labute approximate surface area is 247 Å². The maximum absolute atomic E-state index is 13.1. The Hall–Kier alpha value is -3.37. The van der Waals surface area contributed by atoms with Gasteiger partial charge >= 0.3 is 16.2 Å². The average Bonchev–Trinajstić information content (AvgIpc) is 3.64. The summed E-state index contributed by atoms with van der Waals surface area (Å²) >= 11 is 0. The maximum atomic E-state index is 13.1. The van der Waals surface area contributed by atoms with E-state index in [1.54, 1.807) is 12.1 Å². The third-order valence-electron chi connectivity index (χ3n) is 9.44. The highest BCUT2D eigenvalue weighted by Gasteiger charge is 2.63. The summed E-state index contributed by atoms with van der Waals surface area (Å²) in [4.78, 5) is 26.0. The highest BCUT2D eigenvalue weighted by Crippen LogP contribution is 2.65. The minimum Gasteiger partial charge on any atom is -0.494 e. The van der Waals surface area contributed by atoms with Gasteiger partial charge in [-0.05, 0) is 73.1 Å². The molecule has 2 aliphatic carbocycles. The first-order valence-electron chi connectivity index (χ1n) is 15.0. The fraction of sp³-hybridized carbons (Fsp3) is 0.500. The predicted octanol–water partition coefficient (Wildman–Crippen LogP) is 5.64. The number of aliphatic carboxylic acids is 1. The summed E-state index contributed by atoms with van der Waals surface area (Å²) in [6.45, 7) is 3.02. The first-order chi connectivity index (χ1) is 20.1. The van der Waals surface area contributed by atoms with Crippen molar-refractivity contribution < 1.29 is 27.9 Å². The van der Waals surface area contributed by atoms with Crippen LogP contribution >= 0.6 is 0 Å². The van der Waals surface area contributed by atoms with Crippen LogP contribution in [-0.2, 0) is 21.5 Å². The van der Waals surface area contributed by atoms with Crippen molar-refractivity contribution in [3.8, 4) is 17.0 Å². The second-order valence-electron chi connectivity index (χ2n) is 12.3. The summed E-state index contributed by atoms with van der Waals surface area (Å²) < 4.78 is 36.0. The molecule has 42 heavy (non-hydrogen) atoms. The summed E-state index contributed by atoms with van der Waals surface area (Å²) in [5.41, 5.74) is 4.30. The molecule has 0 radical (unpaired) electrons. The quantitative estimate of drug-likeness (QED) is 0.310. The largest absolute Gasteiger partial charge is 0.494 e. The Morgan fingerprint density at radius 3 is 2.57 bits per heavy atom. The number of hydrogen-bond acceptors (Lipinski definition) is 5. The molecule has 224 valence electrons. The Morgan fingerprint density at radius 2 is 1.88 bits per heavy atom. The lowest BCUT2D eigenvalue weighted by molar-refractivity contribution is -0.144. The number of unbranched alkanes of at least 4 members (excludes halogenated alkanes) is 1. The number of aromatic nitrogens is 1. The van der Waals surface area contributed by atoms with E-state index in [0.29, 0.717) is 18.9 Å². The number of hydrogen-bond donors (Lipinski definition) is 2. The van der Waals surface area contributed by atoms with Crippen molar-refractivity contribution in [1.29, 1.82) is 0 Å². The average molecular weight is 594 g/mol. The normalized spacial score (nSPS) is 21.8. The van der Waals surface area contributed by atoms with Gasteiger partial charge in [-0.1, -0.05) is 38.7 Å². The van der Waals surface area contributed by atoms with Crippen molar-refractivity contribution in [2.24, 2.45) is 5.41 Å². The molecule has 6 rings (SSSR count). The molecule has 9 nitrogen and oxygen atoms in total. The molecule has 0 spiro atoms. The fourth-order valence-electron chi connectivity index (χ4n) is 6.99. The maximum Gasteiger partial charge on any atom is 0.312 e. The third-order valence-corrected chi connectivity index (χ3v) is 10.8. The van der Waals surface area contributed by atoms with Crippen LogP contribution in [0.1, 0.15) is 91.6 Å². The Morgan fingerprint density at radius 1 is 1.12 bits per heavy atom. The Bertz CT molecular complexity index is 1670. The summed E-state index contributed by atoms with van der Waals surface area (Å²) in [6, 6.07) is 11.4. The highest BCUT2D eigenvalue weighted by atomic mass is 32.2. The molecule has 1 amide bonds. The van der Waals surface area contributed by atoms with E-state index in [0.717, 1.165) is 76.3 Å². The first-order valence-corrected chi connectivity index (χ1v) is 16.4. The van der Waals surface area contributed by atoms with Crippen LogP contribution in [0, 0.1) is 5.41 Å². The molecular weight excluding hydrogens is 554 g/mol. The molecule has 0 saturated heterocycles. The number of carboxylic acids is 1. The minimum atomic E-state index is -3.97. The van der Waals surface area contributed by atoms with Gasteiger partial charge in [-0.2, -0.15) is 12.7 Å². The molecule has 0 bridgehead atoms. The molecule has 2 N–H and O–H groups in total. The van der Waals surface area contributed by atoms with Gasteiger partial charge in [0, 0.05) is 48.6 Å². The number of nitrogens with one attached hydrogen (secondary N) is 1. The van der Waals surface area contributed by atoms with Crippen LogP contribution in [0.5, 0.6) is 5.75 Å². The van der Waals surface area contributed by atoms with Crippen LogP contribution in [-0.4, -0.2) is 55.0 Å². The second-order valence-corrected chi connectivity index (χ2v) is 14.2. The van der Waals surface area contributed by atoms with Crippen LogP contribution in [0.4, 0.5) is 0 Å². The van der Waals surface area contributed by atoms with Gasteiger partial charge in [0.05, 0.1) is 17.7 Å². The molecular formula is C32H39N3O6S. The van der Waals surface area contributed by atoms with E-state index in [2.05, 4.69) is 22.3 Å². The molecule has 2 fully saturated rings. The van der Waals surface area contributed by atoms with E-state index in [9.17, 15) is 23.1 Å². The van der Waals surface area contributed by atoms with Gasteiger partial charge in [0.2, 0.25) is 0 Å². The molecule has 2 atom stereocenters. The standard InChI is InChI=1S/C32H39N3O6S/c1-4-5-15-41-22-12-14-23-25(17-22)26-18-32(26,31(37)38)19-35-27-16-21(30(36)33-42(39,40)34(2)3)11-13-24(27)28(29(23)35)20-9-7-6-8-10-20/h11-14,16-17,20,26H,4-10,15,18-19H2,1-3H3,(H,33,36)(H,37,38). The zero-order valence-corrected chi connectivity index (χ0v) is 25.3. The molecule has 2 unspecified atom stereocenters. The number of rotatable bonds is 9. The van der Waals surface area contributed by atoms with E-state index in [4.69, 9.17) is 4.74 Å². The SMILES string of the molecule is CCCCOc1ccc2c(c1)C1CC1(C(=O)O)Cn1c-2c(C2CCCCC2)c2ccc(C(=O)NS(=O)(=O)N(C)C)cc21. The van der Waals surface area contributed by atoms with Crippen molar-refractivity contribution in [2.45, 2.75) is 76.7 Å². The lowest BCUT2D eigenvalue weighted by Gasteiger charge is -2.24. The minimum absolute atomic E-state index is 0.134. The van der Waals surface area contributed by atoms with Crippen LogP contribution in [0.25, 0.3) is 22.2 Å². The lowest BCUT2D eigenvalue weighted by Crippen LogP contribution is -2.39. The number of benzene rings is 2. The number of nitrogens with zero attached hydrogens (tertiary/aromatic N) is 2. The highest BCUT2D eigenvalue weighted by molar-refractivity contribution is 7.87. The summed E-state index contributed by atoms with van der Waals surface area (Å²) in [5.74, 6) is -0.602. The van der Waals surface area contributed by atoms with Gasteiger partial charge in [0.1, 0.15) is 5.75 Å². The number of carbonyl (C=O) groups excluding carboxylic acids is 1. The monoisotopic (exact) mass is 593 g/mol. The topological polar surface area (TPSA) is 118 Å². The summed E-state index contributed by atoms with van der Waals surface area (Å²) in [5, 5.41) is 11.5. The van der Waals surface area contributed by atoms with Gasteiger partial charge in [0.25, 0.3) is 5.91 Å². The number of carboxylic acid groups (broad SMARTS) is 1. The number of amides is 1. The molecule has 10 heteroatoms. The number of fused-ring (bicyclic) bond motifs is 7. The van der Waals surface area contributed by atoms with Crippen LogP contribution in [0.15, 0.2) is 36.4 Å². The second kappa shape index (κ2) is 10.7. The smallest absolute Gasteiger partial charge is 0.312 e. The zero-order chi connectivity index (χ0) is 29.8. The first kappa shape index (κ1) is 28.7. The Kier molecular flexibility index (Phi) is 7.33. The number of ether oxygens (including phenoxy) is 1. The molecule has 1 aliphatic heterocycles. The molecule has 1 aromatic heterocycles. The van der Waals surface area contributed by atoms with Gasteiger partial charge in [0.15, 0.2) is 0 Å². The fourth-order valence-corrected chi connectivity index (χ4v) is 7.52.